The molecule has 0 bridgehead atoms. The van der Waals surface area contributed by atoms with Gasteiger partial charge in [0.05, 0.1) is 24.8 Å². The van der Waals surface area contributed by atoms with Crippen LogP contribution in [-0.2, 0) is 14.3 Å². The summed E-state index contributed by atoms with van der Waals surface area (Å²) in [5.74, 6) is -0.510. The molecule has 0 aliphatic carbocycles. The summed E-state index contributed by atoms with van der Waals surface area (Å²) in [7, 11) is 3.10. The lowest BCUT2D eigenvalue weighted by atomic mass is 9.96. The van der Waals surface area contributed by atoms with Gasteiger partial charge in [0.2, 0.25) is 5.95 Å². The third kappa shape index (κ3) is 5.57. The van der Waals surface area contributed by atoms with Crippen LogP contribution in [0.2, 0.25) is 0 Å². The van der Waals surface area contributed by atoms with Gasteiger partial charge in [-0.15, -0.1) is 0 Å². The number of hydrogen-bond acceptors (Lipinski definition) is 7. The Labute approximate surface area is 200 Å². The number of nitrogens with one attached hydrogen (secondary N) is 1. The summed E-state index contributed by atoms with van der Waals surface area (Å²) < 4.78 is 6.31. The zero-order valence-electron chi connectivity index (χ0n) is 20.1. The van der Waals surface area contributed by atoms with Gasteiger partial charge in [-0.3, -0.25) is 9.59 Å². The van der Waals surface area contributed by atoms with E-state index in [1.54, 1.807) is 32.6 Å². The fraction of sp³-hybridized carbons (Fsp3) is 0.696. The number of likely N-dealkylation sites (N-methyl/N-ethyl adjacent to an activating group) is 1. The molecular weight excluding hydrogens is 438 g/mol. The minimum Gasteiger partial charge on any atom is -0.376 e. The molecule has 1 N–H and O–H groups in total. The lowest BCUT2D eigenvalue weighted by Gasteiger charge is -2.45. The lowest BCUT2D eigenvalue weighted by Crippen LogP contribution is -2.63. The number of carbonyl (C=O) groups is 3. The molecule has 3 aliphatic heterocycles. The fourth-order valence-corrected chi connectivity index (χ4v) is 4.70. The molecule has 2 unspecified atom stereocenters. The van der Waals surface area contributed by atoms with Crippen LogP contribution in [0.15, 0.2) is 18.5 Å². The van der Waals surface area contributed by atoms with Crippen molar-refractivity contribution in [2.24, 2.45) is 0 Å². The van der Waals surface area contributed by atoms with Crippen molar-refractivity contribution in [2.45, 2.75) is 50.3 Å². The highest BCUT2D eigenvalue weighted by molar-refractivity contribution is 6.34. The van der Waals surface area contributed by atoms with Crippen LogP contribution in [-0.4, -0.2) is 114 Å². The number of urea groups is 1. The smallest absolute Gasteiger partial charge is 0.320 e. The van der Waals surface area contributed by atoms with E-state index in [2.05, 4.69) is 20.2 Å². The van der Waals surface area contributed by atoms with E-state index in [1.807, 2.05) is 9.80 Å². The maximum absolute atomic E-state index is 13.1. The van der Waals surface area contributed by atoms with Gasteiger partial charge in [-0.1, -0.05) is 0 Å². The molecule has 34 heavy (non-hydrogen) atoms. The van der Waals surface area contributed by atoms with E-state index in [9.17, 15) is 14.4 Å². The number of rotatable bonds is 5. The number of carbonyl (C=O) groups excluding carboxylic acids is 3. The number of likely N-dealkylation sites (tertiary alicyclic amines) is 2. The molecule has 0 spiro atoms. The first-order chi connectivity index (χ1) is 16.4. The van der Waals surface area contributed by atoms with E-state index in [0.29, 0.717) is 19.6 Å². The van der Waals surface area contributed by atoms with Gasteiger partial charge in [0.1, 0.15) is 0 Å². The first-order valence-electron chi connectivity index (χ1n) is 12.2. The summed E-state index contributed by atoms with van der Waals surface area (Å²) >= 11 is 0. The number of ether oxygens (including phenoxy) is 1. The molecule has 2 atom stereocenters. The van der Waals surface area contributed by atoms with Gasteiger partial charge in [-0.2, -0.15) is 0 Å². The van der Waals surface area contributed by atoms with E-state index in [0.717, 1.165) is 57.8 Å². The second-order valence-corrected chi connectivity index (χ2v) is 9.37. The summed E-state index contributed by atoms with van der Waals surface area (Å²) in [5, 5.41) is 2.88. The van der Waals surface area contributed by atoms with Gasteiger partial charge in [-0.25, -0.2) is 14.8 Å². The Kier molecular flexibility index (Phi) is 7.81. The van der Waals surface area contributed by atoms with Crippen molar-refractivity contribution < 1.29 is 19.1 Å². The van der Waals surface area contributed by atoms with Gasteiger partial charge in [0.25, 0.3) is 0 Å². The fourth-order valence-electron chi connectivity index (χ4n) is 4.70. The highest BCUT2D eigenvalue weighted by atomic mass is 16.5. The quantitative estimate of drug-likeness (QED) is 0.614. The van der Waals surface area contributed by atoms with Crippen LogP contribution in [0.25, 0.3) is 0 Å². The van der Waals surface area contributed by atoms with Crippen molar-refractivity contribution in [3.63, 3.8) is 0 Å². The van der Waals surface area contributed by atoms with Crippen LogP contribution in [0.3, 0.4) is 0 Å². The number of hydrogen-bond donors (Lipinski definition) is 1. The average Bonchev–Trinajstić information content (AvgIpc) is 2.82. The molecule has 3 fully saturated rings. The van der Waals surface area contributed by atoms with E-state index < -0.39 is 11.8 Å². The van der Waals surface area contributed by atoms with Crippen LogP contribution < -0.4 is 10.2 Å². The van der Waals surface area contributed by atoms with Gasteiger partial charge in [0, 0.05) is 59.2 Å². The number of amides is 4. The van der Waals surface area contributed by atoms with Crippen molar-refractivity contribution in [1.82, 2.24) is 30.0 Å². The van der Waals surface area contributed by atoms with Crippen LogP contribution in [0.5, 0.6) is 0 Å². The summed E-state index contributed by atoms with van der Waals surface area (Å²) in [6, 6.07) is 1.16. The Morgan fingerprint density at radius 2 is 1.74 bits per heavy atom. The van der Waals surface area contributed by atoms with E-state index in [4.69, 9.17) is 4.74 Å². The van der Waals surface area contributed by atoms with E-state index in [-0.39, 0.29) is 24.2 Å². The first-order valence-corrected chi connectivity index (χ1v) is 12.2. The van der Waals surface area contributed by atoms with E-state index >= 15 is 0 Å². The predicted molar refractivity (Wildman–Crippen MR) is 125 cm³/mol. The van der Waals surface area contributed by atoms with Crippen molar-refractivity contribution in [2.75, 3.05) is 58.3 Å². The Morgan fingerprint density at radius 3 is 2.35 bits per heavy atom. The zero-order chi connectivity index (χ0) is 24.1. The molecule has 4 rings (SSSR count). The molecule has 11 nitrogen and oxygen atoms in total. The van der Waals surface area contributed by atoms with Gasteiger partial charge in [-0.05, 0) is 38.2 Å². The molecule has 1 aromatic rings. The molecule has 0 radical (unpaired) electrons. The molecule has 0 saturated carbocycles. The summed E-state index contributed by atoms with van der Waals surface area (Å²) in [6.07, 6.45) is 7.70. The second-order valence-electron chi connectivity index (χ2n) is 9.37. The van der Waals surface area contributed by atoms with Crippen LogP contribution in [0.4, 0.5) is 10.7 Å². The monoisotopic (exact) mass is 473 g/mol. The normalized spacial score (nSPS) is 23.3. The first kappa shape index (κ1) is 24.2. The van der Waals surface area contributed by atoms with Crippen molar-refractivity contribution in [3.05, 3.63) is 18.5 Å². The number of piperidine rings is 2. The van der Waals surface area contributed by atoms with Gasteiger partial charge < -0.3 is 29.7 Å². The summed E-state index contributed by atoms with van der Waals surface area (Å²) in [5.41, 5.74) is 0. The molecule has 4 amide bonds. The van der Waals surface area contributed by atoms with Gasteiger partial charge >= 0.3 is 17.8 Å². The SMILES string of the molecule is CN(C)C(=O)C(=O)NC1CCCN(C(=O)N2CCC2)C1COC1CCN(c2ncccn2)CC1. The summed E-state index contributed by atoms with van der Waals surface area (Å²) in [4.78, 5) is 53.4. The highest BCUT2D eigenvalue weighted by Gasteiger charge is 2.39. The second kappa shape index (κ2) is 11.0. The Morgan fingerprint density at radius 1 is 1.03 bits per heavy atom. The van der Waals surface area contributed by atoms with Gasteiger partial charge in [0.15, 0.2) is 0 Å². The Balaban J connectivity index is 1.38. The third-order valence-corrected chi connectivity index (χ3v) is 6.85. The van der Waals surface area contributed by atoms with E-state index in [1.165, 1.54) is 4.90 Å². The van der Waals surface area contributed by atoms with Crippen LogP contribution in [0, 0.1) is 0 Å². The maximum Gasteiger partial charge on any atom is 0.320 e. The number of nitrogens with zero attached hydrogens (tertiary/aromatic N) is 6. The third-order valence-electron chi connectivity index (χ3n) is 6.85. The highest BCUT2D eigenvalue weighted by Crippen LogP contribution is 2.24. The van der Waals surface area contributed by atoms with Crippen molar-refractivity contribution in [1.29, 1.82) is 0 Å². The molecule has 11 heteroatoms. The topological polar surface area (TPSA) is 111 Å². The summed E-state index contributed by atoms with van der Waals surface area (Å²) in [6.45, 7) is 4.08. The predicted octanol–water partition coefficient (Wildman–Crippen LogP) is 0.325. The molecule has 186 valence electrons. The standard InChI is InChI=1S/C23H35N7O4/c1-27(2)21(32)20(31)26-18-6-3-13-30(23(33)29-11-5-12-29)19(18)16-34-17-7-14-28(15-8-17)22-24-9-4-10-25-22/h4,9-10,17-19H,3,5-8,11-16H2,1-2H3,(H,26,31). The minimum absolute atomic E-state index is 0.00576. The number of aromatic nitrogens is 2. The van der Waals surface area contributed by atoms with Crippen LogP contribution >= 0.6 is 0 Å². The Bertz CT molecular complexity index is 856. The molecule has 0 aromatic carbocycles. The largest absolute Gasteiger partial charge is 0.376 e. The van der Waals surface area contributed by atoms with Crippen molar-refractivity contribution >= 4 is 23.8 Å². The Hall–Kier alpha value is -2.95. The molecule has 1 aromatic heterocycles. The molecule has 3 saturated heterocycles. The minimum atomic E-state index is -0.644. The van der Waals surface area contributed by atoms with Crippen molar-refractivity contribution in [3.8, 4) is 0 Å². The lowest BCUT2D eigenvalue weighted by molar-refractivity contribution is -0.145. The molecular formula is C23H35N7O4. The molecule has 3 aliphatic rings. The van der Waals surface area contributed by atoms with Crippen LogP contribution in [0.1, 0.15) is 32.1 Å². The molecule has 4 heterocycles. The zero-order valence-corrected chi connectivity index (χ0v) is 20.1. The average molecular weight is 474 g/mol. The number of anilines is 1. The maximum atomic E-state index is 13.1.